The van der Waals surface area contributed by atoms with Gasteiger partial charge in [-0.15, -0.1) is 0 Å². The molecule has 0 saturated carbocycles. The summed E-state index contributed by atoms with van der Waals surface area (Å²) < 4.78 is 0. The summed E-state index contributed by atoms with van der Waals surface area (Å²) in [6.45, 7) is 0.406. The fourth-order valence-corrected chi connectivity index (χ4v) is 2.63. The average molecular weight is 376 g/mol. The lowest BCUT2D eigenvalue weighted by atomic mass is 10.0. The lowest BCUT2D eigenvalue weighted by Gasteiger charge is -2.05. The van der Waals surface area contributed by atoms with Gasteiger partial charge in [0.1, 0.15) is 0 Å². The molecule has 0 aliphatic heterocycles. The van der Waals surface area contributed by atoms with Crippen molar-refractivity contribution in [3.8, 4) is 23.0 Å². The van der Waals surface area contributed by atoms with Gasteiger partial charge in [-0.2, -0.15) is 0 Å². The van der Waals surface area contributed by atoms with Crippen LogP contribution in [0.15, 0.2) is 72.8 Å². The third-order valence-corrected chi connectivity index (χ3v) is 4.29. The molecule has 4 heteroatoms. The Morgan fingerprint density at radius 1 is 0.852 bits per heavy atom. The highest BCUT2D eigenvalue weighted by Gasteiger charge is 2.00. The maximum absolute atomic E-state index is 11.9. The van der Waals surface area contributed by atoms with Crippen molar-refractivity contribution in [2.45, 2.75) is 13.2 Å². The highest BCUT2D eigenvalue weighted by atomic mass is 35.5. The lowest BCUT2D eigenvalue weighted by molar-refractivity contribution is -0.115. The number of hydrogen-bond acceptors (Lipinski definition) is 2. The number of hydrogen-bond donors (Lipinski definition) is 2. The fraction of sp³-hybridized carbons (Fsp3) is 0.0870. The molecule has 0 atom stereocenters. The van der Waals surface area contributed by atoms with Crippen molar-refractivity contribution in [3.05, 3.63) is 94.5 Å². The summed E-state index contributed by atoms with van der Waals surface area (Å²) in [5.41, 5.74) is 4.72. The molecule has 1 amide bonds. The smallest absolute Gasteiger partial charge is 0.296 e. The van der Waals surface area contributed by atoms with Crippen LogP contribution in [0.25, 0.3) is 11.1 Å². The second-order valence-electron chi connectivity index (χ2n) is 5.99. The predicted molar refractivity (Wildman–Crippen MR) is 108 cm³/mol. The average Bonchev–Trinajstić information content (AvgIpc) is 2.72. The monoisotopic (exact) mass is 375 g/mol. The molecule has 2 N–H and O–H groups in total. The Balaban J connectivity index is 1.56. The first kappa shape index (κ1) is 18.7. The lowest BCUT2D eigenvalue weighted by Crippen LogP contribution is -2.20. The molecule has 0 heterocycles. The summed E-state index contributed by atoms with van der Waals surface area (Å²) in [7, 11) is 0. The summed E-state index contributed by atoms with van der Waals surface area (Å²) in [5, 5.41) is 12.5. The zero-order chi connectivity index (χ0) is 19.1. The molecule has 0 saturated heterocycles. The Hall–Kier alpha value is -3.06. The number of aliphatic hydroxyl groups is 1. The standard InChI is InChI=1S/C23H18ClNO2/c24-22-12-10-21(11-13-22)20-8-5-18(6-9-20)15-25-23(27)14-7-17-1-3-19(16-26)4-2-17/h1-6,8-13,26H,15-16H2,(H,25,27). The number of aliphatic hydroxyl groups excluding tert-OH is 1. The van der Waals surface area contributed by atoms with Crippen molar-refractivity contribution in [3.63, 3.8) is 0 Å². The third kappa shape index (κ3) is 5.46. The van der Waals surface area contributed by atoms with Gasteiger partial charge in [-0.25, -0.2) is 0 Å². The number of benzene rings is 3. The van der Waals surface area contributed by atoms with Crippen LogP contribution in [0.3, 0.4) is 0 Å². The van der Waals surface area contributed by atoms with E-state index in [-0.39, 0.29) is 12.5 Å². The molecule has 3 aromatic carbocycles. The Morgan fingerprint density at radius 3 is 2.00 bits per heavy atom. The minimum Gasteiger partial charge on any atom is -0.392 e. The Kier molecular flexibility index (Phi) is 6.27. The second-order valence-corrected chi connectivity index (χ2v) is 6.43. The van der Waals surface area contributed by atoms with Crippen molar-refractivity contribution in [1.29, 1.82) is 0 Å². The van der Waals surface area contributed by atoms with Crippen LogP contribution in [0.1, 0.15) is 16.7 Å². The number of rotatable bonds is 4. The number of halogens is 1. The van der Waals surface area contributed by atoms with E-state index >= 15 is 0 Å². The van der Waals surface area contributed by atoms with Crippen LogP contribution in [-0.4, -0.2) is 11.0 Å². The van der Waals surface area contributed by atoms with Crippen LogP contribution in [-0.2, 0) is 17.9 Å². The molecule has 0 fully saturated rings. The van der Waals surface area contributed by atoms with Crippen LogP contribution in [0.5, 0.6) is 0 Å². The zero-order valence-corrected chi connectivity index (χ0v) is 15.3. The SMILES string of the molecule is O=C(C#Cc1ccc(CO)cc1)NCc1ccc(-c2ccc(Cl)cc2)cc1. The second kappa shape index (κ2) is 9.05. The van der Waals surface area contributed by atoms with Gasteiger partial charge in [-0.3, -0.25) is 4.79 Å². The molecule has 27 heavy (non-hydrogen) atoms. The largest absolute Gasteiger partial charge is 0.392 e. The van der Waals surface area contributed by atoms with Gasteiger partial charge in [-0.05, 0) is 46.5 Å². The van der Waals surface area contributed by atoms with E-state index in [1.165, 1.54) is 0 Å². The van der Waals surface area contributed by atoms with Crippen LogP contribution >= 0.6 is 11.6 Å². The van der Waals surface area contributed by atoms with E-state index < -0.39 is 0 Å². The number of nitrogens with one attached hydrogen (secondary N) is 1. The summed E-state index contributed by atoms with van der Waals surface area (Å²) in [5.74, 6) is 5.06. The molecular weight excluding hydrogens is 358 g/mol. The van der Waals surface area contributed by atoms with Gasteiger partial charge in [0.15, 0.2) is 0 Å². The van der Waals surface area contributed by atoms with Gasteiger partial charge in [0.05, 0.1) is 6.61 Å². The molecule has 0 radical (unpaired) electrons. The first-order chi connectivity index (χ1) is 13.1. The van der Waals surface area contributed by atoms with E-state index in [9.17, 15) is 4.79 Å². The number of amides is 1. The summed E-state index contributed by atoms with van der Waals surface area (Å²) >= 11 is 5.91. The minimum absolute atomic E-state index is 0.00893. The van der Waals surface area contributed by atoms with E-state index in [0.717, 1.165) is 27.8 Å². The molecular formula is C23H18ClNO2. The highest BCUT2D eigenvalue weighted by Crippen LogP contribution is 2.21. The molecule has 0 aliphatic rings. The Labute approximate surface area is 163 Å². The van der Waals surface area contributed by atoms with Gasteiger partial charge in [0.2, 0.25) is 0 Å². The Morgan fingerprint density at radius 2 is 1.41 bits per heavy atom. The van der Waals surface area contributed by atoms with Gasteiger partial charge in [0.25, 0.3) is 5.91 Å². The zero-order valence-electron chi connectivity index (χ0n) is 14.6. The molecule has 3 aromatic rings. The fourth-order valence-electron chi connectivity index (χ4n) is 2.51. The molecule has 0 unspecified atom stereocenters. The van der Waals surface area contributed by atoms with Crippen LogP contribution in [0.2, 0.25) is 5.02 Å². The van der Waals surface area contributed by atoms with Crippen LogP contribution < -0.4 is 5.32 Å². The van der Waals surface area contributed by atoms with Crippen molar-refractivity contribution in [1.82, 2.24) is 5.32 Å². The number of carbonyl (C=O) groups excluding carboxylic acids is 1. The van der Waals surface area contributed by atoms with Crippen molar-refractivity contribution in [2.75, 3.05) is 0 Å². The van der Waals surface area contributed by atoms with Crippen molar-refractivity contribution < 1.29 is 9.90 Å². The van der Waals surface area contributed by atoms with E-state index in [0.29, 0.717) is 11.6 Å². The van der Waals surface area contributed by atoms with Crippen LogP contribution in [0.4, 0.5) is 0 Å². The van der Waals surface area contributed by atoms with E-state index in [1.54, 1.807) is 24.3 Å². The van der Waals surface area contributed by atoms with Crippen molar-refractivity contribution >= 4 is 17.5 Å². The normalized spacial score (nSPS) is 10.0. The maximum Gasteiger partial charge on any atom is 0.296 e. The number of carbonyl (C=O) groups is 1. The molecule has 3 nitrogen and oxygen atoms in total. The van der Waals surface area contributed by atoms with Gasteiger partial charge in [0, 0.05) is 23.1 Å². The molecule has 3 rings (SSSR count). The first-order valence-corrected chi connectivity index (χ1v) is 8.86. The first-order valence-electron chi connectivity index (χ1n) is 8.48. The summed E-state index contributed by atoms with van der Waals surface area (Å²) in [4.78, 5) is 11.9. The third-order valence-electron chi connectivity index (χ3n) is 4.04. The minimum atomic E-state index is -0.331. The van der Waals surface area contributed by atoms with Gasteiger partial charge in [-0.1, -0.05) is 66.1 Å². The molecule has 0 aliphatic carbocycles. The molecule has 0 spiro atoms. The van der Waals surface area contributed by atoms with Gasteiger partial charge >= 0.3 is 0 Å². The molecule has 0 bridgehead atoms. The van der Waals surface area contributed by atoms with E-state index in [4.69, 9.17) is 16.7 Å². The predicted octanol–water partition coefficient (Wildman–Crippen LogP) is 4.17. The highest BCUT2D eigenvalue weighted by molar-refractivity contribution is 6.30. The Bertz CT molecular complexity index is 966. The van der Waals surface area contributed by atoms with Gasteiger partial charge < -0.3 is 10.4 Å². The molecule has 0 aromatic heterocycles. The molecule has 134 valence electrons. The summed E-state index contributed by atoms with van der Waals surface area (Å²) in [6, 6.07) is 22.8. The topological polar surface area (TPSA) is 49.3 Å². The summed E-state index contributed by atoms with van der Waals surface area (Å²) in [6.07, 6.45) is 0. The van der Waals surface area contributed by atoms with Crippen LogP contribution in [0, 0.1) is 11.8 Å². The maximum atomic E-state index is 11.9. The van der Waals surface area contributed by atoms with Crippen molar-refractivity contribution in [2.24, 2.45) is 0 Å². The van der Waals surface area contributed by atoms with E-state index in [1.807, 2.05) is 48.5 Å². The van der Waals surface area contributed by atoms with E-state index in [2.05, 4.69) is 17.2 Å². The quantitative estimate of drug-likeness (QED) is 0.672.